The summed E-state index contributed by atoms with van der Waals surface area (Å²) in [5.41, 5.74) is 1.07. The van der Waals surface area contributed by atoms with Crippen LogP contribution in [0.5, 0.6) is 0 Å². The summed E-state index contributed by atoms with van der Waals surface area (Å²) in [6.45, 7) is 6.34. The topological polar surface area (TPSA) is 99.2 Å². The van der Waals surface area contributed by atoms with Crippen LogP contribution >= 0.6 is 0 Å². The summed E-state index contributed by atoms with van der Waals surface area (Å²) in [6.07, 6.45) is 1.61. The fraction of sp³-hybridized carbons (Fsp3) is 0.348. The normalized spacial score (nSPS) is 12.6. The van der Waals surface area contributed by atoms with Gasteiger partial charge in [0.25, 0.3) is 5.91 Å². The third-order valence-electron chi connectivity index (χ3n) is 4.68. The molecule has 1 aromatic carbocycles. The van der Waals surface area contributed by atoms with Gasteiger partial charge >= 0.3 is 0 Å². The van der Waals surface area contributed by atoms with Gasteiger partial charge in [-0.3, -0.25) is 9.78 Å². The number of aliphatic hydroxyl groups is 1. The number of amides is 1. The highest BCUT2D eigenvalue weighted by atomic mass is 19.1. The third kappa shape index (κ3) is 5.88. The Bertz CT molecular complexity index is 1070. The molecule has 7 nitrogen and oxygen atoms in total. The molecule has 0 spiro atoms. The summed E-state index contributed by atoms with van der Waals surface area (Å²) in [7, 11) is 0. The number of halogens is 1. The Morgan fingerprint density at radius 3 is 2.68 bits per heavy atom. The van der Waals surface area contributed by atoms with Crippen molar-refractivity contribution in [1.29, 1.82) is 0 Å². The van der Waals surface area contributed by atoms with E-state index in [1.807, 2.05) is 44.2 Å². The molecule has 3 aromatic rings. The molecule has 3 rings (SSSR count). The zero-order valence-electron chi connectivity index (χ0n) is 18.1. The molecule has 0 radical (unpaired) electrons. The number of nitrogens with one attached hydrogen (secondary N) is 3. The molecule has 0 aliphatic heterocycles. The SMILES string of the molecule is CC(C)Nc1cc(Nc2ccc3ncccc3c2)ncc1C(=O)NCC(F)C(C)(C)O. The number of rotatable bonds is 8. The molecule has 0 saturated heterocycles. The highest BCUT2D eigenvalue weighted by molar-refractivity contribution is 6.00. The fourth-order valence-electron chi connectivity index (χ4n) is 2.96. The monoisotopic (exact) mass is 425 g/mol. The minimum atomic E-state index is -1.59. The van der Waals surface area contributed by atoms with E-state index >= 15 is 0 Å². The first-order valence-corrected chi connectivity index (χ1v) is 10.2. The second-order valence-electron chi connectivity index (χ2n) is 8.28. The van der Waals surface area contributed by atoms with Gasteiger partial charge in [0, 0.05) is 35.6 Å². The lowest BCUT2D eigenvalue weighted by molar-refractivity contribution is -0.00177. The molecule has 0 aliphatic carbocycles. The van der Waals surface area contributed by atoms with E-state index in [4.69, 9.17) is 0 Å². The van der Waals surface area contributed by atoms with Crippen LogP contribution in [0.4, 0.5) is 21.6 Å². The van der Waals surface area contributed by atoms with Crippen LogP contribution in [0.25, 0.3) is 10.9 Å². The van der Waals surface area contributed by atoms with Crippen LogP contribution < -0.4 is 16.0 Å². The van der Waals surface area contributed by atoms with Crippen LogP contribution in [0.1, 0.15) is 38.1 Å². The quantitative estimate of drug-likeness (QED) is 0.435. The molecule has 1 amide bonds. The molecule has 0 fully saturated rings. The maximum Gasteiger partial charge on any atom is 0.255 e. The van der Waals surface area contributed by atoms with Crippen molar-refractivity contribution < 1.29 is 14.3 Å². The number of carbonyl (C=O) groups is 1. The Labute approximate surface area is 181 Å². The molecule has 0 aliphatic rings. The first-order chi connectivity index (χ1) is 14.6. The van der Waals surface area contributed by atoms with Crippen molar-refractivity contribution in [3.63, 3.8) is 0 Å². The smallest absolute Gasteiger partial charge is 0.255 e. The first-order valence-electron chi connectivity index (χ1n) is 10.2. The number of aromatic nitrogens is 2. The zero-order valence-corrected chi connectivity index (χ0v) is 18.1. The summed E-state index contributed by atoms with van der Waals surface area (Å²) < 4.78 is 14.0. The van der Waals surface area contributed by atoms with Gasteiger partial charge in [-0.25, -0.2) is 9.37 Å². The summed E-state index contributed by atoms with van der Waals surface area (Å²) in [4.78, 5) is 21.3. The van der Waals surface area contributed by atoms with Crippen LogP contribution in [-0.2, 0) is 0 Å². The standard InChI is InChI=1S/C23H28FN5O2/c1-14(2)28-19-11-21(29-16-7-8-18-15(10-16)6-5-9-25-18)26-12-17(19)22(30)27-13-20(24)23(3,4)31/h5-12,14,20,31H,13H2,1-4H3,(H,27,30)(H2,26,28,29). The van der Waals surface area contributed by atoms with Gasteiger partial charge in [0.2, 0.25) is 0 Å². The molecule has 0 saturated carbocycles. The van der Waals surface area contributed by atoms with Crippen LogP contribution in [0.15, 0.2) is 48.8 Å². The highest BCUT2D eigenvalue weighted by Gasteiger charge is 2.27. The van der Waals surface area contributed by atoms with E-state index in [1.54, 1.807) is 12.3 Å². The number of hydrogen-bond acceptors (Lipinski definition) is 6. The minimum Gasteiger partial charge on any atom is -0.387 e. The van der Waals surface area contributed by atoms with Crippen molar-refractivity contribution >= 4 is 34.0 Å². The maximum absolute atomic E-state index is 14.0. The van der Waals surface area contributed by atoms with Crippen molar-refractivity contribution in [2.24, 2.45) is 0 Å². The Hall–Kier alpha value is -3.26. The van der Waals surface area contributed by atoms with Crippen LogP contribution in [0.2, 0.25) is 0 Å². The second kappa shape index (κ2) is 9.26. The van der Waals surface area contributed by atoms with E-state index in [-0.39, 0.29) is 12.6 Å². The van der Waals surface area contributed by atoms with Crippen molar-refractivity contribution in [3.8, 4) is 0 Å². The predicted molar refractivity (Wildman–Crippen MR) is 122 cm³/mol. The van der Waals surface area contributed by atoms with Crippen molar-refractivity contribution in [3.05, 3.63) is 54.4 Å². The van der Waals surface area contributed by atoms with Gasteiger partial charge in [-0.2, -0.15) is 0 Å². The minimum absolute atomic E-state index is 0.0684. The van der Waals surface area contributed by atoms with E-state index in [9.17, 15) is 14.3 Å². The van der Waals surface area contributed by atoms with E-state index in [1.165, 1.54) is 20.0 Å². The molecule has 2 heterocycles. The van der Waals surface area contributed by atoms with Crippen molar-refractivity contribution in [1.82, 2.24) is 15.3 Å². The molecular formula is C23H28FN5O2. The van der Waals surface area contributed by atoms with E-state index in [2.05, 4.69) is 25.9 Å². The van der Waals surface area contributed by atoms with Gasteiger partial charge in [-0.05, 0) is 52.0 Å². The average molecular weight is 426 g/mol. The first kappa shape index (κ1) is 22.4. The van der Waals surface area contributed by atoms with Gasteiger partial charge in [-0.15, -0.1) is 0 Å². The highest BCUT2D eigenvalue weighted by Crippen LogP contribution is 2.24. The Kier molecular flexibility index (Phi) is 6.70. The summed E-state index contributed by atoms with van der Waals surface area (Å²) in [6, 6.07) is 11.5. The number of nitrogens with zero attached hydrogens (tertiary/aromatic N) is 2. The number of carbonyl (C=O) groups excluding carboxylic acids is 1. The van der Waals surface area contributed by atoms with E-state index < -0.39 is 17.7 Å². The Morgan fingerprint density at radius 1 is 1.19 bits per heavy atom. The molecule has 4 N–H and O–H groups in total. The molecule has 164 valence electrons. The number of anilines is 3. The van der Waals surface area contributed by atoms with Gasteiger partial charge in [0.05, 0.1) is 28.9 Å². The largest absolute Gasteiger partial charge is 0.387 e. The van der Waals surface area contributed by atoms with Gasteiger partial charge in [0.15, 0.2) is 0 Å². The van der Waals surface area contributed by atoms with Crippen molar-refractivity contribution in [2.75, 3.05) is 17.2 Å². The summed E-state index contributed by atoms with van der Waals surface area (Å²) in [5.74, 6) is 0.0914. The summed E-state index contributed by atoms with van der Waals surface area (Å²) >= 11 is 0. The van der Waals surface area contributed by atoms with Gasteiger partial charge < -0.3 is 21.1 Å². The molecule has 1 unspecified atom stereocenters. The number of benzene rings is 1. The second-order valence-corrected chi connectivity index (χ2v) is 8.28. The predicted octanol–water partition coefficient (Wildman–Crippen LogP) is 4.03. The lowest BCUT2D eigenvalue weighted by Crippen LogP contribution is -2.42. The Morgan fingerprint density at radius 2 is 1.97 bits per heavy atom. The number of fused-ring (bicyclic) bond motifs is 1. The number of pyridine rings is 2. The van der Waals surface area contributed by atoms with E-state index in [0.29, 0.717) is 17.1 Å². The molecule has 2 aromatic heterocycles. The fourth-order valence-corrected chi connectivity index (χ4v) is 2.96. The van der Waals surface area contributed by atoms with Gasteiger partial charge in [-0.1, -0.05) is 6.07 Å². The van der Waals surface area contributed by atoms with Crippen molar-refractivity contribution in [2.45, 2.75) is 45.5 Å². The molecule has 8 heteroatoms. The molecular weight excluding hydrogens is 397 g/mol. The lowest BCUT2D eigenvalue weighted by atomic mass is 10.0. The van der Waals surface area contributed by atoms with Crippen LogP contribution in [0.3, 0.4) is 0 Å². The molecule has 1 atom stereocenters. The Balaban J connectivity index is 1.80. The average Bonchev–Trinajstić information content (AvgIpc) is 2.70. The van der Waals surface area contributed by atoms with Crippen LogP contribution in [-0.4, -0.2) is 45.3 Å². The summed E-state index contributed by atoms with van der Waals surface area (Å²) in [5, 5.41) is 19.7. The van der Waals surface area contributed by atoms with Crippen LogP contribution in [0, 0.1) is 0 Å². The van der Waals surface area contributed by atoms with E-state index in [0.717, 1.165) is 16.6 Å². The number of alkyl halides is 1. The third-order valence-corrected chi connectivity index (χ3v) is 4.68. The molecule has 0 bridgehead atoms. The number of hydrogen-bond donors (Lipinski definition) is 4. The lowest BCUT2D eigenvalue weighted by Gasteiger charge is -2.23. The van der Waals surface area contributed by atoms with Gasteiger partial charge in [0.1, 0.15) is 12.0 Å². The molecule has 31 heavy (non-hydrogen) atoms. The maximum atomic E-state index is 14.0. The zero-order chi connectivity index (χ0) is 22.6.